The maximum atomic E-state index is 12.0. The zero-order valence-corrected chi connectivity index (χ0v) is 11.7. The standard InChI is InChI=1S/C9H7Cl2N3O4S/c1-19(17,18)13-14-8(15)5-2-4(10)3-6(11)7(5)12-9(14)16/h2-3,13H,1H3,(H,12,16). The molecule has 19 heavy (non-hydrogen) atoms. The van der Waals surface area contributed by atoms with Crippen LogP contribution in [0.3, 0.4) is 0 Å². The fourth-order valence-electron chi connectivity index (χ4n) is 1.49. The number of hydrogen-bond acceptors (Lipinski definition) is 4. The van der Waals surface area contributed by atoms with E-state index in [0.29, 0.717) is 4.68 Å². The van der Waals surface area contributed by atoms with Gasteiger partial charge in [0.1, 0.15) is 0 Å². The molecule has 0 saturated heterocycles. The lowest BCUT2D eigenvalue weighted by Crippen LogP contribution is -2.43. The van der Waals surface area contributed by atoms with E-state index in [-0.39, 0.29) is 20.9 Å². The number of aromatic nitrogens is 2. The van der Waals surface area contributed by atoms with E-state index >= 15 is 0 Å². The summed E-state index contributed by atoms with van der Waals surface area (Å²) in [4.78, 5) is 27.8. The number of rotatable bonds is 2. The van der Waals surface area contributed by atoms with E-state index in [1.54, 1.807) is 4.83 Å². The van der Waals surface area contributed by atoms with Crippen LogP contribution in [0.4, 0.5) is 0 Å². The molecule has 2 N–H and O–H groups in total. The van der Waals surface area contributed by atoms with Crippen molar-refractivity contribution in [3.63, 3.8) is 0 Å². The number of fused-ring (bicyclic) bond motifs is 1. The molecule has 0 saturated carbocycles. The number of benzene rings is 1. The number of nitrogens with one attached hydrogen (secondary N) is 2. The molecule has 0 aliphatic rings. The van der Waals surface area contributed by atoms with Crippen molar-refractivity contribution in [2.24, 2.45) is 0 Å². The van der Waals surface area contributed by atoms with Crippen LogP contribution in [0.5, 0.6) is 0 Å². The minimum Gasteiger partial charge on any atom is -0.304 e. The van der Waals surface area contributed by atoms with E-state index in [1.165, 1.54) is 12.1 Å². The predicted molar refractivity (Wildman–Crippen MR) is 73.1 cm³/mol. The van der Waals surface area contributed by atoms with Crippen LogP contribution in [0.15, 0.2) is 21.7 Å². The molecule has 0 fully saturated rings. The second-order valence-electron chi connectivity index (χ2n) is 3.74. The summed E-state index contributed by atoms with van der Waals surface area (Å²) in [5, 5.41) is 0.268. The molecule has 1 heterocycles. The lowest BCUT2D eigenvalue weighted by Gasteiger charge is -2.08. The fourth-order valence-corrected chi connectivity index (χ4v) is 2.53. The number of nitrogens with zero attached hydrogens (tertiary/aromatic N) is 1. The van der Waals surface area contributed by atoms with Crippen LogP contribution in [0.2, 0.25) is 10.0 Å². The molecular weight excluding hydrogens is 317 g/mol. The van der Waals surface area contributed by atoms with E-state index in [0.717, 1.165) is 6.26 Å². The molecule has 7 nitrogen and oxygen atoms in total. The van der Waals surface area contributed by atoms with Gasteiger partial charge in [0.15, 0.2) is 0 Å². The van der Waals surface area contributed by atoms with E-state index in [9.17, 15) is 18.0 Å². The normalized spacial score (nSPS) is 11.7. The molecule has 0 spiro atoms. The van der Waals surface area contributed by atoms with Crippen LogP contribution in [-0.2, 0) is 10.0 Å². The second-order valence-corrected chi connectivity index (χ2v) is 6.31. The maximum Gasteiger partial charge on any atom is 0.348 e. The van der Waals surface area contributed by atoms with Gasteiger partial charge < -0.3 is 4.98 Å². The lowest BCUT2D eigenvalue weighted by atomic mass is 10.2. The molecule has 0 aliphatic carbocycles. The Morgan fingerprint density at radius 1 is 1.26 bits per heavy atom. The summed E-state index contributed by atoms with van der Waals surface area (Å²) in [6.07, 6.45) is 0.814. The molecule has 2 rings (SSSR count). The molecule has 0 atom stereocenters. The van der Waals surface area contributed by atoms with Crippen molar-refractivity contribution < 1.29 is 8.42 Å². The van der Waals surface area contributed by atoms with Crippen molar-refractivity contribution >= 4 is 44.1 Å². The second kappa shape index (κ2) is 4.55. The van der Waals surface area contributed by atoms with Crippen molar-refractivity contribution in [3.05, 3.63) is 43.0 Å². The number of aromatic amines is 1. The third kappa shape index (κ3) is 2.75. The van der Waals surface area contributed by atoms with Crippen LogP contribution in [-0.4, -0.2) is 24.3 Å². The van der Waals surface area contributed by atoms with Gasteiger partial charge in [0.2, 0.25) is 10.0 Å². The molecule has 0 bridgehead atoms. The SMILES string of the molecule is CS(=O)(=O)Nn1c(=O)[nH]c2c(Cl)cc(Cl)cc2c1=O. The van der Waals surface area contributed by atoms with Gasteiger partial charge in [0.25, 0.3) is 5.56 Å². The molecule has 1 aromatic carbocycles. The average Bonchev–Trinajstić information content (AvgIpc) is 2.25. The van der Waals surface area contributed by atoms with E-state index in [2.05, 4.69) is 4.98 Å². The monoisotopic (exact) mass is 323 g/mol. The van der Waals surface area contributed by atoms with Crippen LogP contribution in [0, 0.1) is 0 Å². The van der Waals surface area contributed by atoms with Crippen molar-refractivity contribution in [1.82, 2.24) is 9.66 Å². The Labute approximate surface area is 116 Å². The largest absolute Gasteiger partial charge is 0.348 e. The summed E-state index contributed by atoms with van der Waals surface area (Å²) < 4.78 is 22.5. The molecule has 1 aromatic heterocycles. The Morgan fingerprint density at radius 2 is 1.89 bits per heavy atom. The van der Waals surface area contributed by atoms with Crippen molar-refractivity contribution in [1.29, 1.82) is 0 Å². The highest BCUT2D eigenvalue weighted by Gasteiger charge is 2.13. The Balaban J connectivity index is 2.90. The fraction of sp³-hybridized carbons (Fsp3) is 0.111. The third-order valence-electron chi connectivity index (χ3n) is 2.18. The molecule has 102 valence electrons. The number of halogens is 2. The molecule has 0 aliphatic heterocycles. The van der Waals surface area contributed by atoms with Gasteiger partial charge in [0, 0.05) is 5.02 Å². The highest BCUT2D eigenvalue weighted by Crippen LogP contribution is 2.23. The Kier molecular flexibility index (Phi) is 3.33. The summed E-state index contributed by atoms with van der Waals surface area (Å²) in [5.74, 6) is 0. The third-order valence-corrected chi connectivity index (χ3v) is 3.21. The van der Waals surface area contributed by atoms with Crippen LogP contribution in [0.1, 0.15) is 0 Å². The average molecular weight is 324 g/mol. The van der Waals surface area contributed by atoms with Crippen LogP contribution >= 0.6 is 23.2 Å². The van der Waals surface area contributed by atoms with Crippen molar-refractivity contribution in [3.8, 4) is 0 Å². The van der Waals surface area contributed by atoms with Gasteiger partial charge in [-0.25, -0.2) is 18.0 Å². The van der Waals surface area contributed by atoms with E-state index in [1.807, 2.05) is 0 Å². The summed E-state index contributed by atoms with van der Waals surface area (Å²) >= 11 is 11.6. The van der Waals surface area contributed by atoms with Crippen LogP contribution < -0.4 is 16.1 Å². The van der Waals surface area contributed by atoms with Gasteiger partial charge in [-0.1, -0.05) is 23.2 Å². The van der Waals surface area contributed by atoms with E-state index in [4.69, 9.17) is 23.2 Å². The minimum atomic E-state index is -3.78. The van der Waals surface area contributed by atoms with Crippen molar-refractivity contribution in [2.45, 2.75) is 0 Å². The number of hydrogen-bond donors (Lipinski definition) is 2. The summed E-state index contributed by atoms with van der Waals surface area (Å²) in [6.45, 7) is 0. The lowest BCUT2D eigenvalue weighted by molar-refractivity contribution is 0.598. The highest BCUT2D eigenvalue weighted by atomic mass is 35.5. The van der Waals surface area contributed by atoms with Gasteiger partial charge in [-0.05, 0) is 12.1 Å². The molecular formula is C9H7Cl2N3O4S. The first-order chi connectivity index (χ1) is 8.69. The zero-order valence-electron chi connectivity index (χ0n) is 9.40. The summed E-state index contributed by atoms with van der Waals surface area (Å²) in [6, 6.07) is 2.64. The highest BCUT2D eigenvalue weighted by molar-refractivity contribution is 7.91. The smallest absolute Gasteiger partial charge is 0.304 e. The minimum absolute atomic E-state index is 0.00625. The van der Waals surface area contributed by atoms with Gasteiger partial charge in [0.05, 0.1) is 22.2 Å². The predicted octanol–water partition coefficient (Wildman–Crippen LogP) is 0.500. The molecule has 10 heteroatoms. The van der Waals surface area contributed by atoms with Gasteiger partial charge in [-0.2, -0.15) is 4.68 Å². The molecule has 0 amide bonds. The first kappa shape index (κ1) is 13.9. The van der Waals surface area contributed by atoms with Gasteiger partial charge in [-0.3, -0.25) is 4.79 Å². The Hall–Kier alpha value is -1.51. The summed E-state index contributed by atoms with van der Waals surface area (Å²) in [7, 11) is -3.78. The zero-order chi connectivity index (χ0) is 14.4. The van der Waals surface area contributed by atoms with Gasteiger partial charge >= 0.3 is 5.69 Å². The summed E-state index contributed by atoms with van der Waals surface area (Å²) in [5.41, 5.74) is -1.73. The molecule has 0 radical (unpaired) electrons. The number of H-pyrrole nitrogens is 1. The molecule has 2 aromatic rings. The molecule has 0 unspecified atom stereocenters. The van der Waals surface area contributed by atoms with Crippen molar-refractivity contribution in [2.75, 3.05) is 11.1 Å². The Bertz CT molecular complexity index is 885. The quantitative estimate of drug-likeness (QED) is 0.840. The van der Waals surface area contributed by atoms with Crippen LogP contribution in [0.25, 0.3) is 10.9 Å². The first-order valence-corrected chi connectivity index (χ1v) is 7.45. The maximum absolute atomic E-state index is 12.0. The first-order valence-electron chi connectivity index (χ1n) is 4.81. The van der Waals surface area contributed by atoms with E-state index < -0.39 is 21.3 Å². The van der Waals surface area contributed by atoms with Gasteiger partial charge in [-0.15, -0.1) is 0 Å². The number of sulfonamides is 1. The Morgan fingerprint density at radius 3 is 2.47 bits per heavy atom. The topological polar surface area (TPSA) is 101 Å².